The van der Waals surface area contributed by atoms with Gasteiger partial charge in [-0.3, -0.25) is 4.79 Å². The molecule has 3 nitrogen and oxygen atoms in total. The summed E-state index contributed by atoms with van der Waals surface area (Å²) in [5.74, 6) is 5.12. The summed E-state index contributed by atoms with van der Waals surface area (Å²) in [7, 11) is 0. The second kappa shape index (κ2) is 3.11. The summed E-state index contributed by atoms with van der Waals surface area (Å²) in [6.45, 7) is 0. The van der Waals surface area contributed by atoms with Crippen LogP contribution in [0.1, 0.15) is 5.56 Å². The van der Waals surface area contributed by atoms with Crippen molar-refractivity contribution in [1.29, 1.82) is 0 Å². The number of rotatable bonds is 0. The largest absolute Gasteiger partial charge is 0.346 e. The first-order valence-corrected chi connectivity index (χ1v) is 3.79. The van der Waals surface area contributed by atoms with E-state index in [4.69, 9.17) is 0 Å². The van der Waals surface area contributed by atoms with Gasteiger partial charge in [-0.1, -0.05) is 5.92 Å². The minimum atomic E-state index is 0.582. The van der Waals surface area contributed by atoms with Crippen LogP contribution in [0.4, 0.5) is 0 Å². The zero-order valence-electron chi connectivity index (χ0n) is 6.74. The fourth-order valence-corrected chi connectivity index (χ4v) is 1.18. The molecular weight excluding hydrogens is 164 g/mol. The summed E-state index contributed by atoms with van der Waals surface area (Å²) in [6.07, 6.45) is 4.04. The Kier molecular flexibility index (Phi) is 1.81. The molecule has 0 amide bonds. The Morgan fingerprint density at radius 2 is 2.38 bits per heavy atom. The van der Waals surface area contributed by atoms with E-state index in [-0.39, 0.29) is 0 Å². The molecule has 1 N–H and O–H groups in total. The van der Waals surface area contributed by atoms with E-state index < -0.39 is 0 Å². The van der Waals surface area contributed by atoms with Crippen molar-refractivity contribution in [2.45, 2.75) is 0 Å². The van der Waals surface area contributed by atoms with Crippen molar-refractivity contribution in [3.63, 3.8) is 0 Å². The maximum atomic E-state index is 10.1. The first-order chi connectivity index (χ1) is 6.42. The smallest absolute Gasteiger partial charge is 0.193 e. The molecule has 0 aliphatic heterocycles. The van der Waals surface area contributed by atoms with Crippen LogP contribution in [0.25, 0.3) is 11.0 Å². The third-order valence-electron chi connectivity index (χ3n) is 1.73. The molecule has 0 unspecified atom stereocenters. The molecule has 3 heteroatoms. The van der Waals surface area contributed by atoms with Crippen LogP contribution in [0.2, 0.25) is 0 Å². The van der Waals surface area contributed by atoms with E-state index in [0.29, 0.717) is 6.29 Å². The van der Waals surface area contributed by atoms with E-state index in [1.165, 1.54) is 0 Å². The minimum Gasteiger partial charge on any atom is -0.346 e. The summed E-state index contributed by atoms with van der Waals surface area (Å²) in [4.78, 5) is 17.1. The molecular formula is C10H6N2O. The first kappa shape index (κ1) is 7.56. The van der Waals surface area contributed by atoms with E-state index in [9.17, 15) is 4.79 Å². The zero-order chi connectivity index (χ0) is 9.10. The van der Waals surface area contributed by atoms with Gasteiger partial charge in [-0.25, -0.2) is 4.98 Å². The highest BCUT2D eigenvalue weighted by molar-refractivity contribution is 5.84. The minimum absolute atomic E-state index is 0.582. The summed E-state index contributed by atoms with van der Waals surface area (Å²) >= 11 is 0. The van der Waals surface area contributed by atoms with Crippen LogP contribution in [0, 0.1) is 11.8 Å². The molecule has 0 saturated carbocycles. The Hall–Kier alpha value is -2.08. The van der Waals surface area contributed by atoms with Gasteiger partial charge in [0, 0.05) is 23.3 Å². The lowest BCUT2D eigenvalue weighted by atomic mass is 10.2. The second-order valence-corrected chi connectivity index (χ2v) is 2.49. The number of fused-ring (bicyclic) bond motifs is 1. The highest BCUT2D eigenvalue weighted by atomic mass is 16.1. The predicted molar refractivity (Wildman–Crippen MR) is 49.0 cm³/mol. The molecule has 2 aromatic rings. The molecule has 0 aromatic carbocycles. The van der Waals surface area contributed by atoms with E-state index in [2.05, 4.69) is 21.8 Å². The number of hydrogen-bond donors (Lipinski definition) is 1. The molecule has 0 aliphatic carbocycles. The van der Waals surface area contributed by atoms with Crippen LogP contribution in [0.5, 0.6) is 0 Å². The molecule has 0 radical (unpaired) electrons. The number of carbonyl (C=O) groups is 1. The number of aromatic amines is 1. The molecule has 2 heterocycles. The molecule has 2 rings (SSSR count). The maximum absolute atomic E-state index is 10.1. The van der Waals surface area contributed by atoms with Crippen molar-refractivity contribution in [3.8, 4) is 11.8 Å². The maximum Gasteiger partial charge on any atom is 0.193 e. The van der Waals surface area contributed by atoms with Crippen molar-refractivity contribution in [2.75, 3.05) is 0 Å². The Labute approximate surface area is 74.8 Å². The monoisotopic (exact) mass is 170 g/mol. The third-order valence-corrected chi connectivity index (χ3v) is 1.73. The first-order valence-electron chi connectivity index (χ1n) is 3.79. The standard InChI is InChI=1S/C10H6N2O/c13-7-1-2-8-3-5-11-10-9(8)4-6-12-10/h3-7H,(H,11,12). The average molecular weight is 170 g/mol. The molecule has 0 aliphatic rings. The molecule has 2 aromatic heterocycles. The number of pyridine rings is 1. The lowest BCUT2D eigenvalue weighted by molar-refractivity contribution is -0.103. The fraction of sp³-hybridized carbons (Fsp3) is 0. The van der Waals surface area contributed by atoms with E-state index in [1.54, 1.807) is 18.5 Å². The summed E-state index contributed by atoms with van der Waals surface area (Å²) in [6, 6.07) is 3.67. The normalized spacial score (nSPS) is 9.23. The van der Waals surface area contributed by atoms with Gasteiger partial charge in [0.05, 0.1) is 0 Å². The molecule has 0 saturated heterocycles. The average Bonchev–Trinajstić information content (AvgIpc) is 2.62. The van der Waals surface area contributed by atoms with Gasteiger partial charge in [-0.15, -0.1) is 0 Å². The molecule has 0 spiro atoms. The third kappa shape index (κ3) is 1.30. The number of H-pyrrole nitrogens is 1. The summed E-state index contributed by atoms with van der Waals surface area (Å²) in [5, 5.41) is 0.942. The fourth-order valence-electron chi connectivity index (χ4n) is 1.18. The Morgan fingerprint density at radius 3 is 3.23 bits per heavy atom. The van der Waals surface area contributed by atoms with Gasteiger partial charge in [0.15, 0.2) is 6.29 Å². The van der Waals surface area contributed by atoms with Crippen LogP contribution in [0.3, 0.4) is 0 Å². The van der Waals surface area contributed by atoms with Gasteiger partial charge >= 0.3 is 0 Å². The highest BCUT2D eigenvalue weighted by Gasteiger charge is 1.98. The van der Waals surface area contributed by atoms with Crippen LogP contribution >= 0.6 is 0 Å². The van der Waals surface area contributed by atoms with Gasteiger partial charge in [-0.2, -0.15) is 0 Å². The van der Waals surface area contributed by atoms with Gasteiger partial charge in [0.2, 0.25) is 0 Å². The Bertz CT molecular complexity index is 502. The van der Waals surface area contributed by atoms with Gasteiger partial charge in [0.25, 0.3) is 0 Å². The van der Waals surface area contributed by atoms with Crippen LogP contribution in [-0.4, -0.2) is 16.3 Å². The Morgan fingerprint density at radius 1 is 1.46 bits per heavy atom. The Balaban J connectivity index is 2.67. The summed E-state index contributed by atoms with van der Waals surface area (Å²) < 4.78 is 0. The second-order valence-electron chi connectivity index (χ2n) is 2.49. The van der Waals surface area contributed by atoms with Crippen LogP contribution in [-0.2, 0) is 4.79 Å². The number of aldehydes is 1. The van der Waals surface area contributed by atoms with Gasteiger partial charge in [0.1, 0.15) is 5.65 Å². The van der Waals surface area contributed by atoms with Crippen LogP contribution < -0.4 is 0 Å². The lowest BCUT2D eigenvalue weighted by Crippen LogP contribution is -1.80. The molecule has 0 atom stereocenters. The molecule has 13 heavy (non-hydrogen) atoms. The zero-order valence-corrected chi connectivity index (χ0v) is 6.74. The summed E-state index contributed by atoms with van der Waals surface area (Å²) in [5.41, 5.74) is 1.61. The molecule has 0 fully saturated rings. The lowest BCUT2D eigenvalue weighted by Gasteiger charge is -1.91. The van der Waals surface area contributed by atoms with Gasteiger partial charge < -0.3 is 4.98 Å². The SMILES string of the molecule is O=CC#Cc1ccnc2[nH]ccc12. The van der Waals surface area contributed by atoms with Crippen molar-refractivity contribution in [1.82, 2.24) is 9.97 Å². The van der Waals surface area contributed by atoms with E-state index in [0.717, 1.165) is 16.6 Å². The number of aromatic nitrogens is 2. The van der Waals surface area contributed by atoms with Crippen LogP contribution in [0.15, 0.2) is 24.5 Å². The van der Waals surface area contributed by atoms with E-state index in [1.807, 2.05) is 6.07 Å². The van der Waals surface area contributed by atoms with Crippen molar-refractivity contribution in [3.05, 3.63) is 30.1 Å². The highest BCUT2D eigenvalue weighted by Crippen LogP contribution is 2.13. The number of hydrogen-bond acceptors (Lipinski definition) is 2. The number of carbonyl (C=O) groups excluding carboxylic acids is 1. The quantitative estimate of drug-likeness (QED) is 0.475. The predicted octanol–water partition coefficient (Wildman–Crippen LogP) is 1.11. The van der Waals surface area contributed by atoms with Crippen molar-refractivity contribution >= 4 is 17.3 Å². The van der Waals surface area contributed by atoms with Crippen molar-refractivity contribution < 1.29 is 4.79 Å². The van der Waals surface area contributed by atoms with Crippen molar-refractivity contribution in [2.24, 2.45) is 0 Å². The number of nitrogens with zero attached hydrogens (tertiary/aromatic N) is 1. The molecule has 62 valence electrons. The number of nitrogens with one attached hydrogen (secondary N) is 1. The molecule has 0 bridgehead atoms. The van der Waals surface area contributed by atoms with Gasteiger partial charge in [-0.05, 0) is 18.1 Å². The van der Waals surface area contributed by atoms with E-state index >= 15 is 0 Å². The topological polar surface area (TPSA) is 45.8 Å².